The van der Waals surface area contributed by atoms with Gasteiger partial charge in [0.25, 0.3) is 0 Å². The van der Waals surface area contributed by atoms with Crippen LogP contribution in [0.1, 0.15) is 31.7 Å². The quantitative estimate of drug-likeness (QED) is 0.756. The lowest BCUT2D eigenvalue weighted by atomic mass is 10.0. The van der Waals surface area contributed by atoms with E-state index in [0.717, 1.165) is 25.0 Å². The number of aryl methyl sites for hydroxylation is 1. The van der Waals surface area contributed by atoms with Crippen molar-refractivity contribution in [2.45, 2.75) is 38.1 Å². The number of carbonyl (C=O) groups is 2. The number of carboxylic acids is 1. The normalized spacial score (nSPS) is 20.2. The molecule has 0 unspecified atom stereocenters. The molecule has 1 fully saturated rings. The topological polar surface area (TPSA) is 78.9 Å². The molecule has 24 heavy (non-hydrogen) atoms. The van der Waals surface area contributed by atoms with Crippen molar-refractivity contribution in [3.63, 3.8) is 0 Å². The third-order valence-electron chi connectivity index (χ3n) is 4.51. The number of nitrogens with one attached hydrogen (secondary N) is 1. The number of hydrogen-bond donors (Lipinski definition) is 2. The van der Waals surface area contributed by atoms with Crippen molar-refractivity contribution in [3.8, 4) is 5.75 Å². The molecule has 2 N–H and O–H groups in total. The summed E-state index contributed by atoms with van der Waals surface area (Å²) in [7, 11) is 1.64. The van der Waals surface area contributed by atoms with Gasteiger partial charge in [-0.15, -0.1) is 0 Å². The fraction of sp³-hybridized carbons (Fsp3) is 0.556. The molecule has 0 spiro atoms. The second-order valence-corrected chi connectivity index (χ2v) is 6.57. The van der Waals surface area contributed by atoms with Gasteiger partial charge in [0.15, 0.2) is 0 Å². The number of amides is 1. The lowest BCUT2D eigenvalue weighted by Gasteiger charge is -2.25. The van der Waals surface area contributed by atoms with E-state index >= 15 is 0 Å². The van der Waals surface area contributed by atoms with E-state index in [0.29, 0.717) is 19.5 Å². The summed E-state index contributed by atoms with van der Waals surface area (Å²) >= 11 is 0. The number of likely N-dealkylation sites (tertiary alicyclic amines) is 1. The predicted octanol–water partition coefficient (Wildman–Crippen LogP) is 1.68. The van der Waals surface area contributed by atoms with Gasteiger partial charge in [0.1, 0.15) is 5.75 Å². The third-order valence-corrected chi connectivity index (χ3v) is 4.51. The summed E-state index contributed by atoms with van der Waals surface area (Å²) < 4.78 is 5.13. The average molecular weight is 334 g/mol. The van der Waals surface area contributed by atoms with Gasteiger partial charge in [-0.1, -0.05) is 12.1 Å². The zero-order chi connectivity index (χ0) is 17.6. The number of ether oxygens (including phenoxy) is 1. The first kappa shape index (κ1) is 18.3. The highest BCUT2D eigenvalue weighted by atomic mass is 16.5. The molecule has 0 aliphatic carbocycles. The molecular formula is C18H26N2O4. The minimum Gasteiger partial charge on any atom is -0.497 e. The molecule has 1 atom stereocenters. The number of carbonyl (C=O) groups excluding carboxylic acids is 1. The Balaban J connectivity index is 1.73. The van der Waals surface area contributed by atoms with Gasteiger partial charge < -0.3 is 14.7 Å². The van der Waals surface area contributed by atoms with Crippen molar-refractivity contribution in [2.75, 3.05) is 26.7 Å². The van der Waals surface area contributed by atoms with E-state index in [9.17, 15) is 9.59 Å². The zero-order valence-corrected chi connectivity index (χ0v) is 14.4. The maximum atomic E-state index is 12.3. The van der Waals surface area contributed by atoms with Crippen molar-refractivity contribution < 1.29 is 19.4 Å². The molecule has 6 nitrogen and oxygen atoms in total. The molecule has 132 valence electrons. The summed E-state index contributed by atoms with van der Waals surface area (Å²) in [6, 6.07) is 7.90. The number of carboxylic acid groups (broad SMARTS) is 1. The Kier molecular flexibility index (Phi) is 6.20. The number of nitrogens with zero attached hydrogens (tertiary/aromatic N) is 1. The largest absolute Gasteiger partial charge is 0.497 e. The molecule has 2 rings (SSSR count). The van der Waals surface area contributed by atoms with Crippen molar-refractivity contribution >= 4 is 11.9 Å². The van der Waals surface area contributed by atoms with E-state index in [-0.39, 0.29) is 18.0 Å². The monoisotopic (exact) mass is 334 g/mol. The number of rotatable bonds is 8. The van der Waals surface area contributed by atoms with E-state index in [1.54, 1.807) is 7.11 Å². The summed E-state index contributed by atoms with van der Waals surface area (Å²) in [6.07, 6.45) is 2.96. The lowest BCUT2D eigenvalue weighted by Crippen LogP contribution is -2.47. The van der Waals surface area contributed by atoms with Crippen LogP contribution >= 0.6 is 0 Å². The Morgan fingerprint density at radius 3 is 2.67 bits per heavy atom. The Morgan fingerprint density at radius 1 is 1.33 bits per heavy atom. The second-order valence-electron chi connectivity index (χ2n) is 6.57. The Hall–Kier alpha value is -2.08. The Morgan fingerprint density at radius 2 is 2.04 bits per heavy atom. The summed E-state index contributed by atoms with van der Waals surface area (Å²) in [5.74, 6) is 0.102. The molecule has 1 amide bonds. The van der Waals surface area contributed by atoms with Gasteiger partial charge >= 0.3 is 5.97 Å². The first-order valence-electron chi connectivity index (χ1n) is 8.29. The molecule has 1 aromatic carbocycles. The average Bonchev–Trinajstić information content (AvgIpc) is 2.97. The highest BCUT2D eigenvalue weighted by Crippen LogP contribution is 2.22. The van der Waals surface area contributed by atoms with Gasteiger partial charge in [-0.25, -0.2) is 0 Å². The molecule has 1 aliphatic rings. The number of benzene rings is 1. The van der Waals surface area contributed by atoms with Crippen molar-refractivity contribution in [3.05, 3.63) is 29.8 Å². The van der Waals surface area contributed by atoms with E-state index in [4.69, 9.17) is 9.84 Å². The van der Waals surface area contributed by atoms with Crippen LogP contribution in [0, 0.1) is 0 Å². The Labute approximate surface area is 142 Å². The van der Waals surface area contributed by atoms with Gasteiger partial charge in [0, 0.05) is 25.0 Å². The summed E-state index contributed by atoms with van der Waals surface area (Å²) in [5.41, 5.74) is 0.891. The highest BCUT2D eigenvalue weighted by Gasteiger charge is 2.35. The molecule has 1 aromatic rings. The highest BCUT2D eigenvalue weighted by molar-refractivity contribution is 5.76. The molecule has 1 aliphatic heterocycles. The lowest BCUT2D eigenvalue weighted by molar-refractivity contribution is -0.136. The van der Waals surface area contributed by atoms with Crippen LogP contribution in [-0.2, 0) is 16.0 Å². The molecule has 1 saturated heterocycles. The fourth-order valence-electron chi connectivity index (χ4n) is 3.00. The SMILES string of the molecule is COc1ccc(CCCC(=O)N2CC[C@@](C)(NCC(=O)O)C2)cc1. The first-order chi connectivity index (χ1) is 11.4. The number of aliphatic carboxylic acids is 1. The van der Waals surface area contributed by atoms with Crippen LogP contribution in [-0.4, -0.2) is 54.2 Å². The molecular weight excluding hydrogens is 308 g/mol. The van der Waals surface area contributed by atoms with Crippen LogP contribution in [0.2, 0.25) is 0 Å². The predicted molar refractivity (Wildman–Crippen MR) is 91.2 cm³/mol. The summed E-state index contributed by atoms with van der Waals surface area (Å²) in [4.78, 5) is 24.8. The van der Waals surface area contributed by atoms with E-state index in [1.807, 2.05) is 36.1 Å². The summed E-state index contributed by atoms with van der Waals surface area (Å²) in [5, 5.41) is 11.8. The molecule has 0 saturated carbocycles. The fourth-order valence-corrected chi connectivity index (χ4v) is 3.00. The Bertz CT molecular complexity index is 573. The van der Waals surface area contributed by atoms with Crippen molar-refractivity contribution in [1.29, 1.82) is 0 Å². The van der Waals surface area contributed by atoms with Crippen LogP contribution in [0.4, 0.5) is 0 Å². The van der Waals surface area contributed by atoms with Crippen LogP contribution in [0.5, 0.6) is 5.75 Å². The van der Waals surface area contributed by atoms with Crippen LogP contribution in [0.3, 0.4) is 0 Å². The van der Waals surface area contributed by atoms with Gasteiger partial charge in [-0.3, -0.25) is 14.9 Å². The van der Waals surface area contributed by atoms with Gasteiger partial charge in [0.2, 0.25) is 5.91 Å². The maximum Gasteiger partial charge on any atom is 0.317 e. The van der Waals surface area contributed by atoms with Gasteiger partial charge in [-0.05, 0) is 43.9 Å². The third kappa shape index (κ3) is 5.23. The maximum absolute atomic E-state index is 12.3. The minimum absolute atomic E-state index is 0.0734. The van der Waals surface area contributed by atoms with E-state index in [1.165, 1.54) is 5.56 Å². The number of methoxy groups -OCH3 is 1. The second kappa shape index (κ2) is 8.15. The first-order valence-corrected chi connectivity index (χ1v) is 8.29. The van der Waals surface area contributed by atoms with Gasteiger partial charge in [0.05, 0.1) is 13.7 Å². The van der Waals surface area contributed by atoms with Crippen molar-refractivity contribution in [2.24, 2.45) is 0 Å². The van der Waals surface area contributed by atoms with E-state index in [2.05, 4.69) is 5.32 Å². The van der Waals surface area contributed by atoms with Gasteiger partial charge in [-0.2, -0.15) is 0 Å². The summed E-state index contributed by atoms with van der Waals surface area (Å²) in [6.45, 7) is 3.16. The molecule has 1 heterocycles. The zero-order valence-electron chi connectivity index (χ0n) is 14.4. The van der Waals surface area contributed by atoms with E-state index < -0.39 is 5.97 Å². The molecule has 0 aromatic heterocycles. The van der Waals surface area contributed by atoms with Crippen LogP contribution in [0.25, 0.3) is 0 Å². The van der Waals surface area contributed by atoms with Crippen LogP contribution in [0.15, 0.2) is 24.3 Å². The standard InChI is InChI=1S/C18H26N2O4/c1-18(19-12-17(22)23)10-11-20(13-18)16(21)5-3-4-14-6-8-15(24-2)9-7-14/h6-9,19H,3-5,10-13H2,1-2H3,(H,22,23)/t18-/m1/s1. The molecule has 0 bridgehead atoms. The molecule has 6 heteroatoms. The number of hydrogen-bond acceptors (Lipinski definition) is 4. The smallest absolute Gasteiger partial charge is 0.317 e. The van der Waals surface area contributed by atoms with Crippen molar-refractivity contribution in [1.82, 2.24) is 10.2 Å². The van der Waals surface area contributed by atoms with Crippen LogP contribution < -0.4 is 10.1 Å². The molecule has 0 radical (unpaired) electrons. The minimum atomic E-state index is -0.875.